The topological polar surface area (TPSA) is 99.9 Å². The van der Waals surface area contributed by atoms with Gasteiger partial charge in [-0.05, 0) is 6.07 Å². The van der Waals surface area contributed by atoms with E-state index in [1.807, 2.05) is 0 Å². The van der Waals surface area contributed by atoms with Crippen LogP contribution in [0, 0.1) is 0 Å². The van der Waals surface area contributed by atoms with Crippen LogP contribution in [-0.2, 0) is 5.92 Å². The Hall–Kier alpha value is -2.93. The molecule has 2 N–H and O–H groups in total. The fourth-order valence-electron chi connectivity index (χ4n) is 3.70. The number of aromatic nitrogens is 2. The van der Waals surface area contributed by atoms with Gasteiger partial charge in [-0.1, -0.05) is 23.2 Å². The molecule has 0 radical (unpaired) electrons. The highest BCUT2D eigenvalue weighted by Crippen LogP contribution is 2.55. The van der Waals surface area contributed by atoms with Gasteiger partial charge in [-0.2, -0.15) is 26.3 Å². The highest BCUT2D eigenvalue weighted by molar-refractivity contribution is 6.44. The molecule has 15 heteroatoms. The van der Waals surface area contributed by atoms with E-state index < -0.39 is 94.6 Å². The lowest BCUT2D eigenvalue weighted by Crippen LogP contribution is -2.53. The number of fused-ring (bicyclic) bond motifs is 6. The second-order valence-electron chi connectivity index (χ2n) is 7.02. The zero-order valence-corrected chi connectivity index (χ0v) is 16.8. The van der Waals surface area contributed by atoms with Crippen molar-refractivity contribution in [3.8, 4) is 0 Å². The summed E-state index contributed by atoms with van der Waals surface area (Å²) < 4.78 is 98.2. The summed E-state index contributed by atoms with van der Waals surface area (Å²) in [6.45, 7) is -3.20. The van der Waals surface area contributed by atoms with Crippen molar-refractivity contribution in [2.24, 2.45) is 0 Å². The Labute approximate surface area is 184 Å². The quantitative estimate of drug-likeness (QED) is 0.403. The van der Waals surface area contributed by atoms with Gasteiger partial charge >= 0.3 is 17.8 Å². The summed E-state index contributed by atoms with van der Waals surface area (Å²) in [5, 5.41) is -7.98. The Morgan fingerprint density at radius 1 is 0.727 bits per heavy atom. The zero-order valence-electron chi connectivity index (χ0n) is 15.3. The minimum absolute atomic E-state index is 0.604. The fraction of sp³-hybridized carbons (Fsp3) is 0.222. The van der Waals surface area contributed by atoms with Crippen molar-refractivity contribution in [1.82, 2.24) is 9.97 Å². The normalized spacial score (nSPS) is 13.6. The number of alkyl halides is 7. The third kappa shape index (κ3) is 2.75. The van der Waals surface area contributed by atoms with E-state index in [4.69, 9.17) is 23.2 Å². The second kappa shape index (κ2) is 6.79. The molecule has 0 spiro atoms. The molecule has 0 aliphatic carbocycles. The average Bonchev–Trinajstić information content (AvgIpc) is 2.98. The fourth-order valence-corrected chi connectivity index (χ4v) is 4.38. The summed E-state index contributed by atoms with van der Waals surface area (Å²) in [5.74, 6) is -18.4. The number of hydrogen-bond acceptors (Lipinski definition) is 4. The van der Waals surface area contributed by atoms with Gasteiger partial charge in [-0.15, -0.1) is 0 Å². The first-order valence-electron chi connectivity index (χ1n) is 8.53. The van der Waals surface area contributed by atoms with Gasteiger partial charge in [-0.25, -0.2) is 4.39 Å². The van der Waals surface area contributed by atoms with Gasteiger partial charge in [0.05, 0.1) is 37.2 Å². The van der Waals surface area contributed by atoms with Crippen molar-refractivity contribution >= 4 is 55.5 Å². The van der Waals surface area contributed by atoms with Crippen LogP contribution in [0.25, 0.3) is 32.3 Å². The minimum Gasteiger partial charge on any atom is -0.288 e. The lowest BCUT2D eigenvalue weighted by molar-refractivity contribution is -0.317. The van der Waals surface area contributed by atoms with E-state index in [2.05, 4.69) is 0 Å². The summed E-state index contributed by atoms with van der Waals surface area (Å²) in [6.07, 6.45) is 0. The largest absolute Gasteiger partial charge is 0.379 e. The molecule has 4 bridgehead atoms. The van der Waals surface area contributed by atoms with Gasteiger partial charge in [0.1, 0.15) is 0 Å². The highest BCUT2D eigenvalue weighted by Gasteiger charge is 2.73. The number of H-pyrrole nitrogens is 2. The standard InChI is InChI=1S/C18H5Cl2F7N2O4/c19-4-1-3-5-7(6(4)13(31)28-12(3)30)8-10(11(20)9(5)15(33)29-14(8)32)17(24,25)18(26,27)16(22,23)2-21/h1H,2H2,(H,28,30,31)(H,29,32,33). The van der Waals surface area contributed by atoms with Crippen molar-refractivity contribution in [3.63, 3.8) is 0 Å². The van der Waals surface area contributed by atoms with E-state index in [1.165, 1.54) is 4.98 Å². The third-order valence-corrected chi connectivity index (χ3v) is 5.86. The zero-order chi connectivity index (χ0) is 24.8. The molecule has 6 rings (SSSR count). The first-order valence-corrected chi connectivity index (χ1v) is 9.28. The molecule has 0 saturated carbocycles. The van der Waals surface area contributed by atoms with Crippen molar-refractivity contribution < 1.29 is 30.7 Å². The van der Waals surface area contributed by atoms with E-state index in [1.54, 1.807) is 4.98 Å². The Morgan fingerprint density at radius 3 is 1.82 bits per heavy atom. The second-order valence-corrected chi connectivity index (χ2v) is 7.81. The van der Waals surface area contributed by atoms with E-state index in [0.717, 1.165) is 6.07 Å². The molecular formula is C18H5Cl2F7N2O4. The van der Waals surface area contributed by atoms with Gasteiger partial charge in [0.25, 0.3) is 22.2 Å². The van der Waals surface area contributed by atoms with Gasteiger partial charge in [0.2, 0.25) is 0 Å². The Bertz CT molecular complexity index is 1700. The maximum Gasteiger partial charge on any atom is 0.379 e. The van der Waals surface area contributed by atoms with E-state index >= 15 is 8.78 Å². The molecule has 0 atom stereocenters. The minimum atomic E-state index is -6.45. The molecule has 0 amide bonds. The number of benzene rings is 2. The highest BCUT2D eigenvalue weighted by atomic mass is 35.5. The van der Waals surface area contributed by atoms with Gasteiger partial charge in [-0.3, -0.25) is 29.1 Å². The van der Waals surface area contributed by atoms with Crippen LogP contribution in [0.5, 0.6) is 0 Å². The predicted molar refractivity (Wildman–Crippen MR) is 105 cm³/mol. The number of hydrogen-bond donors (Lipinski definition) is 2. The molecule has 4 aromatic heterocycles. The Balaban J connectivity index is 2.46. The first-order chi connectivity index (χ1) is 15.1. The molecular weight excluding hydrogens is 512 g/mol. The monoisotopic (exact) mass is 516 g/mol. The van der Waals surface area contributed by atoms with Crippen LogP contribution in [-0.4, -0.2) is 28.5 Å². The molecule has 0 aliphatic heterocycles. The van der Waals surface area contributed by atoms with E-state index in [-0.39, 0.29) is 0 Å². The molecule has 4 heterocycles. The van der Waals surface area contributed by atoms with Gasteiger partial charge in [0.15, 0.2) is 6.67 Å². The van der Waals surface area contributed by atoms with Crippen LogP contribution >= 0.6 is 23.2 Å². The summed E-state index contributed by atoms with van der Waals surface area (Å²) in [6, 6.07) is 0.843. The van der Waals surface area contributed by atoms with E-state index in [9.17, 15) is 41.1 Å². The smallest absolute Gasteiger partial charge is 0.288 e. The number of halogens is 9. The lowest BCUT2D eigenvalue weighted by atomic mass is 9.89. The van der Waals surface area contributed by atoms with Gasteiger partial charge in [0, 0.05) is 10.8 Å². The first kappa shape index (κ1) is 23.2. The third-order valence-electron chi connectivity index (χ3n) is 5.18. The van der Waals surface area contributed by atoms with Crippen molar-refractivity contribution in [1.29, 1.82) is 0 Å². The summed E-state index contributed by atoms with van der Waals surface area (Å²) in [4.78, 5) is 53.2. The molecule has 0 saturated heterocycles. The molecule has 6 nitrogen and oxygen atoms in total. The molecule has 174 valence electrons. The predicted octanol–water partition coefficient (Wildman–Crippen LogP) is 3.76. The number of nitrogens with one attached hydrogen (secondary N) is 2. The van der Waals surface area contributed by atoms with Crippen LogP contribution in [0.2, 0.25) is 10.0 Å². The summed E-state index contributed by atoms with van der Waals surface area (Å²) >= 11 is 11.7. The van der Waals surface area contributed by atoms with Crippen LogP contribution in [0.1, 0.15) is 5.56 Å². The van der Waals surface area contributed by atoms with Crippen LogP contribution < -0.4 is 22.2 Å². The molecule has 6 aromatic rings. The average molecular weight is 517 g/mol. The van der Waals surface area contributed by atoms with Crippen LogP contribution in [0.3, 0.4) is 0 Å². The molecule has 33 heavy (non-hydrogen) atoms. The maximum absolute atomic E-state index is 15.0. The number of aromatic amines is 2. The van der Waals surface area contributed by atoms with Gasteiger partial charge < -0.3 is 0 Å². The maximum atomic E-state index is 15.0. The molecule has 2 aromatic carbocycles. The Morgan fingerprint density at radius 2 is 1.24 bits per heavy atom. The molecule has 0 aliphatic rings. The van der Waals surface area contributed by atoms with Crippen molar-refractivity contribution in [2.45, 2.75) is 17.8 Å². The lowest BCUT2D eigenvalue weighted by Gasteiger charge is -2.32. The number of rotatable bonds is 4. The van der Waals surface area contributed by atoms with Crippen molar-refractivity contribution in [3.05, 3.63) is 63.1 Å². The SMILES string of the molecule is O=c1[nH]c(=O)c2c(Cl)cc1c1c3c(Cl)c(C(F)(F)C(F)(F)C(F)(F)CF)c(c(=O)[nH]c3=O)c21. The molecule has 0 unspecified atom stereocenters. The molecule has 0 fully saturated rings. The Kier molecular flexibility index (Phi) is 4.78. The van der Waals surface area contributed by atoms with Crippen molar-refractivity contribution in [2.75, 3.05) is 6.67 Å². The van der Waals surface area contributed by atoms with E-state index in [0.29, 0.717) is 0 Å². The van der Waals surface area contributed by atoms with Crippen LogP contribution in [0.4, 0.5) is 30.7 Å². The van der Waals surface area contributed by atoms with Crippen LogP contribution in [0.15, 0.2) is 25.2 Å². The summed E-state index contributed by atoms with van der Waals surface area (Å²) in [7, 11) is 0. The summed E-state index contributed by atoms with van der Waals surface area (Å²) in [5.41, 5.74) is -8.19.